The fourth-order valence-electron chi connectivity index (χ4n) is 3.22. The van der Waals surface area contributed by atoms with Crippen LogP contribution in [0.3, 0.4) is 0 Å². The number of nitrogens with two attached hydrogens (primary N) is 1. The quantitative estimate of drug-likeness (QED) is 0.188. The van der Waals surface area contributed by atoms with E-state index in [1.54, 1.807) is 30.3 Å². The molecule has 0 aliphatic carbocycles. The van der Waals surface area contributed by atoms with Gasteiger partial charge in [0, 0.05) is 6.42 Å². The van der Waals surface area contributed by atoms with Crippen LogP contribution in [0.4, 0.5) is 10.2 Å². The van der Waals surface area contributed by atoms with Gasteiger partial charge in [-0.3, -0.25) is 18.1 Å². The Kier molecular flexibility index (Phi) is 9.46. The molecule has 3 rings (SSSR count). The number of anilines is 1. The van der Waals surface area contributed by atoms with Crippen LogP contribution in [0, 0.1) is 17.1 Å². The molecule has 1 unspecified atom stereocenters. The standard InChI is InChI=1S/C22H24FN4O8P/c1-2-10-32-36(30,33-11-6-9-24)35-17-12-19(27-13-16(23)20(25)26-22(27)29)34-18(17)14-31-21(28)15-7-4-3-5-8-15/h2-5,7-8,13,17-19H,1,6,10-12,14H2,(H2,25,26,29)/t17-,18+,19+,36?/m0/s1. The van der Waals surface area contributed by atoms with Gasteiger partial charge in [0.25, 0.3) is 0 Å². The smallest absolute Gasteiger partial charge is 0.459 e. The molecule has 12 nitrogen and oxygen atoms in total. The number of aromatic nitrogens is 2. The highest BCUT2D eigenvalue weighted by Gasteiger charge is 2.44. The summed E-state index contributed by atoms with van der Waals surface area (Å²) in [6, 6.07) is 10.00. The minimum atomic E-state index is -4.24. The fraction of sp³-hybridized carbons (Fsp3) is 0.364. The first-order chi connectivity index (χ1) is 17.3. The summed E-state index contributed by atoms with van der Waals surface area (Å²) in [4.78, 5) is 28.1. The first kappa shape index (κ1) is 27.2. The SMILES string of the molecule is C=CCOP(=O)(OCCC#N)O[C@H]1C[C@H](n2cc(F)c(N)nc2=O)O[C@@H]1COC(=O)c1ccccc1. The summed E-state index contributed by atoms with van der Waals surface area (Å²) in [6.07, 6.45) is -1.36. The van der Waals surface area contributed by atoms with E-state index in [0.29, 0.717) is 0 Å². The third-order valence-corrected chi connectivity index (χ3v) is 6.38. The number of hydrogen-bond donors (Lipinski definition) is 1. The van der Waals surface area contributed by atoms with Gasteiger partial charge in [-0.15, -0.1) is 6.58 Å². The molecule has 1 fully saturated rings. The Morgan fingerprint density at radius 2 is 2.14 bits per heavy atom. The number of halogens is 1. The number of carbonyl (C=O) groups is 1. The number of hydrogen-bond acceptors (Lipinski definition) is 11. The van der Waals surface area contributed by atoms with E-state index >= 15 is 0 Å². The van der Waals surface area contributed by atoms with Crippen molar-refractivity contribution in [2.75, 3.05) is 25.6 Å². The van der Waals surface area contributed by atoms with Crippen LogP contribution in [0.2, 0.25) is 0 Å². The molecule has 0 saturated carbocycles. The van der Waals surface area contributed by atoms with E-state index in [0.717, 1.165) is 10.8 Å². The van der Waals surface area contributed by atoms with Gasteiger partial charge in [0.1, 0.15) is 25.0 Å². The molecule has 14 heteroatoms. The van der Waals surface area contributed by atoms with Crippen molar-refractivity contribution < 1.29 is 36.8 Å². The van der Waals surface area contributed by atoms with E-state index in [1.165, 1.54) is 6.08 Å². The maximum Gasteiger partial charge on any atom is 0.475 e. The first-order valence-corrected chi connectivity index (χ1v) is 12.2. The van der Waals surface area contributed by atoms with Crippen molar-refractivity contribution in [2.24, 2.45) is 0 Å². The molecule has 36 heavy (non-hydrogen) atoms. The van der Waals surface area contributed by atoms with Gasteiger partial charge >= 0.3 is 19.5 Å². The Balaban J connectivity index is 1.82. The van der Waals surface area contributed by atoms with Crippen molar-refractivity contribution >= 4 is 19.6 Å². The molecule has 0 amide bonds. The minimum Gasteiger partial charge on any atom is -0.459 e. The van der Waals surface area contributed by atoms with Gasteiger partial charge in [-0.05, 0) is 12.1 Å². The van der Waals surface area contributed by atoms with Gasteiger partial charge < -0.3 is 15.2 Å². The molecule has 1 aromatic carbocycles. The number of phosphoric ester groups is 1. The predicted molar refractivity (Wildman–Crippen MR) is 123 cm³/mol. The Bertz CT molecular complexity index is 1220. The zero-order chi connectivity index (χ0) is 26.1. The molecule has 1 aliphatic rings. The Morgan fingerprint density at radius 3 is 2.83 bits per heavy atom. The number of nitrogens with zero attached hydrogens (tertiary/aromatic N) is 3. The molecule has 2 heterocycles. The number of nitrogen functional groups attached to an aromatic ring is 1. The van der Waals surface area contributed by atoms with Crippen molar-refractivity contribution in [1.82, 2.24) is 9.55 Å². The summed E-state index contributed by atoms with van der Waals surface area (Å²) >= 11 is 0. The lowest BCUT2D eigenvalue weighted by Gasteiger charge is -2.23. The Labute approximate surface area is 205 Å². The van der Waals surface area contributed by atoms with Crippen LogP contribution in [0.15, 0.2) is 54.0 Å². The topological polar surface area (TPSA) is 165 Å². The number of phosphoric acid groups is 1. The molecule has 4 atom stereocenters. The normalized spacial score (nSPS) is 20.8. The van der Waals surface area contributed by atoms with Crippen molar-refractivity contribution in [3.8, 4) is 6.07 Å². The molecule has 192 valence electrons. The van der Waals surface area contributed by atoms with Gasteiger partial charge in [-0.1, -0.05) is 24.3 Å². The van der Waals surface area contributed by atoms with Gasteiger partial charge in [0.05, 0.1) is 37.5 Å². The summed E-state index contributed by atoms with van der Waals surface area (Å²) in [6.45, 7) is 2.67. The van der Waals surface area contributed by atoms with E-state index in [4.69, 9.17) is 34.0 Å². The molecule has 0 radical (unpaired) electrons. The van der Waals surface area contributed by atoms with Crippen LogP contribution in [0.1, 0.15) is 29.4 Å². The molecule has 2 aromatic rings. The summed E-state index contributed by atoms with van der Waals surface area (Å²) in [5.41, 5.74) is 4.73. The largest absolute Gasteiger partial charge is 0.475 e. The van der Waals surface area contributed by atoms with E-state index in [2.05, 4.69) is 11.6 Å². The predicted octanol–water partition coefficient (Wildman–Crippen LogP) is 2.74. The van der Waals surface area contributed by atoms with Crippen molar-refractivity contribution in [3.05, 3.63) is 71.0 Å². The maximum absolute atomic E-state index is 14.0. The average Bonchev–Trinajstić information content (AvgIpc) is 3.26. The van der Waals surface area contributed by atoms with Gasteiger partial charge in [-0.25, -0.2) is 18.5 Å². The average molecular weight is 522 g/mol. The molecule has 0 spiro atoms. The second kappa shape index (κ2) is 12.5. The lowest BCUT2D eigenvalue weighted by atomic mass is 10.2. The number of carbonyl (C=O) groups excluding carboxylic acids is 1. The number of benzene rings is 1. The van der Waals surface area contributed by atoms with Gasteiger partial charge in [-0.2, -0.15) is 10.2 Å². The summed E-state index contributed by atoms with van der Waals surface area (Å²) in [7, 11) is -4.24. The van der Waals surface area contributed by atoms with Gasteiger partial charge in [0.2, 0.25) is 0 Å². The minimum absolute atomic E-state index is 0.0848. The molecular formula is C22H24FN4O8P. The molecule has 1 aliphatic heterocycles. The van der Waals surface area contributed by atoms with Crippen LogP contribution in [-0.2, 0) is 27.6 Å². The number of nitriles is 1. The van der Waals surface area contributed by atoms with Crippen LogP contribution < -0.4 is 11.4 Å². The highest BCUT2D eigenvalue weighted by atomic mass is 31.2. The monoisotopic (exact) mass is 522 g/mol. The van der Waals surface area contributed by atoms with E-state index in [9.17, 15) is 18.5 Å². The number of ether oxygens (including phenoxy) is 2. The number of rotatable bonds is 12. The second-order valence-corrected chi connectivity index (χ2v) is 9.03. The van der Waals surface area contributed by atoms with E-state index in [1.807, 2.05) is 6.07 Å². The van der Waals surface area contributed by atoms with E-state index in [-0.39, 0.29) is 38.2 Å². The zero-order valence-electron chi connectivity index (χ0n) is 19.0. The summed E-state index contributed by atoms with van der Waals surface area (Å²) < 4.78 is 55.2. The third kappa shape index (κ3) is 7.07. The molecule has 0 bridgehead atoms. The Hall–Kier alpha value is -3.40. The van der Waals surface area contributed by atoms with Crippen molar-refractivity contribution in [1.29, 1.82) is 5.26 Å². The van der Waals surface area contributed by atoms with Crippen molar-refractivity contribution in [2.45, 2.75) is 31.3 Å². The highest BCUT2D eigenvalue weighted by molar-refractivity contribution is 7.48. The fourth-order valence-corrected chi connectivity index (χ4v) is 4.58. The Morgan fingerprint density at radius 1 is 1.39 bits per heavy atom. The highest BCUT2D eigenvalue weighted by Crippen LogP contribution is 2.53. The van der Waals surface area contributed by atoms with Crippen LogP contribution in [-0.4, -0.2) is 47.5 Å². The molecule has 1 saturated heterocycles. The maximum atomic E-state index is 14.0. The van der Waals surface area contributed by atoms with Crippen molar-refractivity contribution in [3.63, 3.8) is 0 Å². The third-order valence-electron chi connectivity index (χ3n) is 4.89. The number of esters is 1. The van der Waals surface area contributed by atoms with E-state index < -0.39 is 49.6 Å². The lowest BCUT2D eigenvalue weighted by molar-refractivity contribution is -0.0543. The van der Waals surface area contributed by atoms with Crippen LogP contribution in [0.5, 0.6) is 0 Å². The lowest BCUT2D eigenvalue weighted by Crippen LogP contribution is -2.31. The molecule has 1 aromatic heterocycles. The molecular weight excluding hydrogens is 498 g/mol. The van der Waals surface area contributed by atoms with Crippen LogP contribution in [0.25, 0.3) is 0 Å². The summed E-state index contributed by atoms with van der Waals surface area (Å²) in [5.74, 6) is -2.19. The molecule has 2 N–H and O–H groups in total. The second-order valence-electron chi connectivity index (χ2n) is 7.41. The summed E-state index contributed by atoms with van der Waals surface area (Å²) in [5, 5.41) is 8.75. The van der Waals surface area contributed by atoms with Crippen LogP contribution >= 0.6 is 7.82 Å². The van der Waals surface area contributed by atoms with Gasteiger partial charge in [0.15, 0.2) is 11.6 Å². The first-order valence-electron chi connectivity index (χ1n) is 10.7. The zero-order valence-corrected chi connectivity index (χ0v) is 19.9.